The fourth-order valence-electron chi connectivity index (χ4n) is 1.90. The fourth-order valence-corrected chi connectivity index (χ4v) is 1.90. The second-order valence-corrected chi connectivity index (χ2v) is 4.06. The second kappa shape index (κ2) is 4.94. The standard InChI is InChI=1S/C10H21NO2/c1-9(8-12-2)10(11)4-3-6-13-7-5-10/h9H,3-8,11H2,1-2H3. The summed E-state index contributed by atoms with van der Waals surface area (Å²) in [6, 6.07) is 0. The van der Waals surface area contributed by atoms with Gasteiger partial charge in [0.1, 0.15) is 0 Å². The lowest BCUT2D eigenvalue weighted by atomic mass is 9.80. The van der Waals surface area contributed by atoms with E-state index in [9.17, 15) is 0 Å². The van der Waals surface area contributed by atoms with Crippen molar-refractivity contribution < 1.29 is 9.47 Å². The van der Waals surface area contributed by atoms with Crippen molar-refractivity contribution in [3.63, 3.8) is 0 Å². The average Bonchev–Trinajstić information content (AvgIpc) is 2.32. The van der Waals surface area contributed by atoms with Crippen molar-refractivity contribution >= 4 is 0 Å². The van der Waals surface area contributed by atoms with Gasteiger partial charge >= 0.3 is 0 Å². The molecule has 0 amide bonds. The third-order valence-electron chi connectivity index (χ3n) is 3.04. The first kappa shape index (κ1) is 11.0. The van der Waals surface area contributed by atoms with Gasteiger partial charge in [0.2, 0.25) is 0 Å². The topological polar surface area (TPSA) is 44.5 Å². The van der Waals surface area contributed by atoms with Crippen LogP contribution in [0.5, 0.6) is 0 Å². The van der Waals surface area contributed by atoms with Crippen LogP contribution in [0, 0.1) is 5.92 Å². The second-order valence-electron chi connectivity index (χ2n) is 4.06. The monoisotopic (exact) mass is 187 g/mol. The molecule has 1 rings (SSSR count). The molecule has 2 N–H and O–H groups in total. The van der Waals surface area contributed by atoms with Gasteiger partial charge in [0, 0.05) is 25.9 Å². The lowest BCUT2D eigenvalue weighted by molar-refractivity contribution is 0.0972. The Kier molecular flexibility index (Phi) is 4.16. The van der Waals surface area contributed by atoms with Gasteiger partial charge in [0.25, 0.3) is 0 Å². The van der Waals surface area contributed by atoms with E-state index in [0.29, 0.717) is 5.92 Å². The zero-order chi connectivity index (χ0) is 9.73. The quantitative estimate of drug-likeness (QED) is 0.721. The van der Waals surface area contributed by atoms with Crippen LogP contribution in [0.4, 0.5) is 0 Å². The van der Waals surface area contributed by atoms with E-state index in [1.54, 1.807) is 7.11 Å². The highest BCUT2D eigenvalue weighted by Gasteiger charge is 2.32. The molecule has 0 aliphatic carbocycles. The maximum absolute atomic E-state index is 6.33. The summed E-state index contributed by atoms with van der Waals surface area (Å²) in [5.74, 6) is 0.416. The molecule has 1 fully saturated rings. The van der Waals surface area contributed by atoms with Crippen molar-refractivity contribution in [3.8, 4) is 0 Å². The third-order valence-corrected chi connectivity index (χ3v) is 3.04. The van der Waals surface area contributed by atoms with Crippen molar-refractivity contribution in [1.82, 2.24) is 0 Å². The number of hydrogen-bond acceptors (Lipinski definition) is 3. The minimum absolute atomic E-state index is 0.0769. The van der Waals surface area contributed by atoms with Crippen molar-refractivity contribution in [2.75, 3.05) is 26.9 Å². The number of ether oxygens (including phenoxy) is 2. The van der Waals surface area contributed by atoms with E-state index in [0.717, 1.165) is 39.1 Å². The molecule has 1 heterocycles. The summed E-state index contributed by atoms with van der Waals surface area (Å²) in [7, 11) is 1.73. The van der Waals surface area contributed by atoms with E-state index in [2.05, 4.69) is 6.92 Å². The molecule has 0 aromatic carbocycles. The van der Waals surface area contributed by atoms with Gasteiger partial charge in [-0.2, -0.15) is 0 Å². The number of methoxy groups -OCH3 is 1. The molecule has 13 heavy (non-hydrogen) atoms. The summed E-state index contributed by atoms with van der Waals surface area (Å²) in [6.45, 7) is 4.56. The zero-order valence-corrected chi connectivity index (χ0v) is 8.71. The summed E-state index contributed by atoms with van der Waals surface area (Å²) in [5, 5.41) is 0. The molecule has 1 aliphatic heterocycles. The molecule has 3 heteroatoms. The van der Waals surface area contributed by atoms with Crippen molar-refractivity contribution in [3.05, 3.63) is 0 Å². The molecular formula is C10H21NO2. The van der Waals surface area contributed by atoms with E-state index < -0.39 is 0 Å². The van der Waals surface area contributed by atoms with Gasteiger partial charge in [-0.1, -0.05) is 6.92 Å². The normalized spacial score (nSPS) is 32.5. The Morgan fingerprint density at radius 2 is 2.23 bits per heavy atom. The molecule has 78 valence electrons. The minimum atomic E-state index is -0.0769. The van der Waals surface area contributed by atoms with E-state index in [1.165, 1.54) is 0 Å². The summed E-state index contributed by atoms with van der Waals surface area (Å²) in [5.41, 5.74) is 6.25. The first-order chi connectivity index (χ1) is 6.19. The molecule has 2 unspecified atom stereocenters. The summed E-state index contributed by atoms with van der Waals surface area (Å²) >= 11 is 0. The predicted molar refractivity (Wildman–Crippen MR) is 52.6 cm³/mol. The molecule has 2 atom stereocenters. The molecule has 1 saturated heterocycles. The Bertz CT molecular complexity index is 142. The molecule has 1 aliphatic rings. The summed E-state index contributed by atoms with van der Waals surface area (Å²) < 4.78 is 10.5. The van der Waals surface area contributed by atoms with Crippen molar-refractivity contribution in [2.45, 2.75) is 31.7 Å². The van der Waals surface area contributed by atoms with Crippen LogP contribution in [0.1, 0.15) is 26.2 Å². The van der Waals surface area contributed by atoms with Gasteiger partial charge in [-0.05, 0) is 25.2 Å². The number of hydrogen-bond donors (Lipinski definition) is 1. The van der Waals surface area contributed by atoms with Crippen molar-refractivity contribution in [1.29, 1.82) is 0 Å². The third kappa shape index (κ3) is 2.93. The summed E-state index contributed by atoms with van der Waals surface area (Å²) in [6.07, 6.45) is 3.08. The van der Waals surface area contributed by atoms with Gasteiger partial charge in [0.05, 0.1) is 6.61 Å². The predicted octanol–water partition coefficient (Wildman–Crippen LogP) is 1.17. The fraction of sp³-hybridized carbons (Fsp3) is 1.00. The Morgan fingerprint density at radius 1 is 1.46 bits per heavy atom. The van der Waals surface area contributed by atoms with Gasteiger partial charge in [0.15, 0.2) is 0 Å². The van der Waals surface area contributed by atoms with E-state index >= 15 is 0 Å². The minimum Gasteiger partial charge on any atom is -0.384 e. The first-order valence-electron chi connectivity index (χ1n) is 5.04. The number of rotatable bonds is 3. The Balaban J connectivity index is 2.49. The van der Waals surface area contributed by atoms with Crippen LogP contribution >= 0.6 is 0 Å². The maximum Gasteiger partial charge on any atom is 0.0505 e. The van der Waals surface area contributed by atoms with E-state index in [-0.39, 0.29) is 5.54 Å². The molecule has 0 aromatic heterocycles. The highest BCUT2D eigenvalue weighted by Crippen LogP contribution is 2.26. The molecule has 3 nitrogen and oxygen atoms in total. The van der Waals surface area contributed by atoms with Crippen LogP contribution in [-0.2, 0) is 9.47 Å². The Hall–Kier alpha value is -0.120. The number of nitrogens with two attached hydrogens (primary N) is 1. The molecular weight excluding hydrogens is 166 g/mol. The van der Waals surface area contributed by atoms with Crippen LogP contribution in [0.25, 0.3) is 0 Å². The highest BCUT2D eigenvalue weighted by molar-refractivity contribution is 4.90. The van der Waals surface area contributed by atoms with Gasteiger partial charge < -0.3 is 15.2 Å². The van der Waals surface area contributed by atoms with Crippen LogP contribution < -0.4 is 5.73 Å². The van der Waals surface area contributed by atoms with Crippen LogP contribution in [-0.4, -0.2) is 32.5 Å². The molecule has 0 saturated carbocycles. The lowest BCUT2D eigenvalue weighted by Crippen LogP contribution is -2.47. The molecule has 0 bridgehead atoms. The van der Waals surface area contributed by atoms with Crippen LogP contribution in [0.15, 0.2) is 0 Å². The molecule has 0 aromatic rings. The van der Waals surface area contributed by atoms with Crippen molar-refractivity contribution in [2.24, 2.45) is 11.7 Å². The SMILES string of the molecule is COCC(C)C1(N)CCCOCC1. The molecule has 0 spiro atoms. The first-order valence-corrected chi connectivity index (χ1v) is 5.04. The maximum atomic E-state index is 6.33. The van der Waals surface area contributed by atoms with Gasteiger partial charge in [-0.25, -0.2) is 0 Å². The smallest absolute Gasteiger partial charge is 0.0505 e. The lowest BCUT2D eigenvalue weighted by Gasteiger charge is -2.33. The van der Waals surface area contributed by atoms with Crippen LogP contribution in [0.2, 0.25) is 0 Å². The largest absolute Gasteiger partial charge is 0.384 e. The van der Waals surface area contributed by atoms with Gasteiger partial charge in [-0.3, -0.25) is 0 Å². The van der Waals surface area contributed by atoms with E-state index in [4.69, 9.17) is 15.2 Å². The van der Waals surface area contributed by atoms with Crippen LogP contribution in [0.3, 0.4) is 0 Å². The zero-order valence-electron chi connectivity index (χ0n) is 8.71. The Labute approximate surface area is 80.6 Å². The Morgan fingerprint density at radius 3 is 2.92 bits per heavy atom. The molecule has 0 radical (unpaired) electrons. The average molecular weight is 187 g/mol. The van der Waals surface area contributed by atoms with E-state index in [1.807, 2.05) is 0 Å². The highest BCUT2D eigenvalue weighted by atomic mass is 16.5. The van der Waals surface area contributed by atoms with Gasteiger partial charge in [-0.15, -0.1) is 0 Å². The summed E-state index contributed by atoms with van der Waals surface area (Å²) in [4.78, 5) is 0.